The number of amides is 3. The Morgan fingerprint density at radius 2 is 1.94 bits per heavy atom. The van der Waals surface area contributed by atoms with Crippen molar-refractivity contribution in [2.75, 3.05) is 23.8 Å². The second-order valence-corrected chi connectivity index (χ2v) is 10.0. The summed E-state index contributed by atoms with van der Waals surface area (Å²) >= 11 is 0. The van der Waals surface area contributed by atoms with Gasteiger partial charge in [-0.15, -0.1) is 0 Å². The molecule has 186 valence electrons. The predicted molar refractivity (Wildman–Crippen MR) is 127 cm³/mol. The zero-order chi connectivity index (χ0) is 24.6. The Balaban J connectivity index is 1.35. The largest absolute Gasteiger partial charge is 0.381 e. The summed E-state index contributed by atoms with van der Waals surface area (Å²) in [7, 11) is 0. The Labute approximate surface area is 203 Å². The second-order valence-electron chi connectivity index (χ2n) is 10.0. The van der Waals surface area contributed by atoms with Crippen LogP contribution in [0.15, 0.2) is 23.0 Å². The summed E-state index contributed by atoms with van der Waals surface area (Å²) in [6.07, 6.45) is 7.88. The van der Waals surface area contributed by atoms with E-state index in [4.69, 9.17) is 9.26 Å². The molecule has 35 heavy (non-hydrogen) atoms. The van der Waals surface area contributed by atoms with Gasteiger partial charge in [0.05, 0.1) is 16.8 Å². The SMILES string of the molecule is Cc1nocc1C(=O)N[C@H](C(=O)Nc1cc2c(cn1)C1(CCOCC1)C(=O)N2)C1CCC(C)CC1. The number of aryl methyl sites for hydroxylation is 1. The number of rotatable bonds is 5. The molecule has 2 aromatic rings. The standard InChI is InChI=1S/C25H31N5O5/c1-14-3-5-16(6-4-14)21(29-22(31)17-13-35-30-15(17)2)23(32)28-20-11-19-18(12-26-20)25(24(33)27-19)7-9-34-10-8-25/h11-14,16,21H,3-10H2,1-2H3,(H,27,33)(H,29,31)(H,26,28,32)/t14?,16?,21-/m0/s1. The Bertz CT molecular complexity index is 1130. The molecule has 2 fully saturated rings. The highest BCUT2D eigenvalue weighted by Crippen LogP contribution is 2.44. The number of nitrogens with one attached hydrogen (secondary N) is 3. The molecule has 1 saturated heterocycles. The molecule has 1 spiro atoms. The van der Waals surface area contributed by atoms with E-state index in [2.05, 4.69) is 33.0 Å². The molecule has 5 rings (SSSR count). The molecule has 0 unspecified atom stereocenters. The van der Waals surface area contributed by atoms with Gasteiger partial charge in [0.15, 0.2) is 0 Å². The molecule has 0 bridgehead atoms. The number of pyridine rings is 1. The van der Waals surface area contributed by atoms with Crippen molar-refractivity contribution in [1.29, 1.82) is 0 Å². The van der Waals surface area contributed by atoms with E-state index < -0.39 is 17.4 Å². The molecule has 0 aromatic carbocycles. The van der Waals surface area contributed by atoms with Gasteiger partial charge in [-0.2, -0.15) is 0 Å². The van der Waals surface area contributed by atoms with Crippen LogP contribution in [0.3, 0.4) is 0 Å². The molecule has 1 atom stereocenters. The lowest BCUT2D eigenvalue weighted by atomic mass is 9.76. The minimum atomic E-state index is -0.726. The minimum absolute atomic E-state index is 0.00922. The maximum absolute atomic E-state index is 13.4. The number of aromatic nitrogens is 2. The number of carbonyl (C=O) groups is 3. The number of hydrogen-bond donors (Lipinski definition) is 3. The molecule has 3 N–H and O–H groups in total. The average Bonchev–Trinajstić information content (AvgIpc) is 3.39. The fourth-order valence-electron chi connectivity index (χ4n) is 5.54. The van der Waals surface area contributed by atoms with Crippen LogP contribution in [0.2, 0.25) is 0 Å². The van der Waals surface area contributed by atoms with Crippen LogP contribution in [0.1, 0.15) is 67.1 Å². The van der Waals surface area contributed by atoms with Gasteiger partial charge in [0.2, 0.25) is 11.8 Å². The molecule has 3 aliphatic rings. The van der Waals surface area contributed by atoms with Crippen molar-refractivity contribution in [3.8, 4) is 0 Å². The Kier molecular flexibility index (Phi) is 6.31. The van der Waals surface area contributed by atoms with Crippen LogP contribution in [0.25, 0.3) is 0 Å². The molecular weight excluding hydrogens is 450 g/mol. The summed E-state index contributed by atoms with van der Waals surface area (Å²) in [5.74, 6) is 0.178. The number of carbonyl (C=O) groups excluding carboxylic acids is 3. The Hall–Kier alpha value is -3.27. The fourth-order valence-corrected chi connectivity index (χ4v) is 5.54. The molecule has 1 saturated carbocycles. The normalized spacial score (nSPS) is 23.9. The topological polar surface area (TPSA) is 135 Å². The molecule has 1 aliphatic carbocycles. The van der Waals surface area contributed by atoms with Gasteiger partial charge < -0.3 is 25.2 Å². The highest BCUT2D eigenvalue weighted by molar-refractivity contribution is 6.07. The van der Waals surface area contributed by atoms with Crippen molar-refractivity contribution in [3.05, 3.63) is 35.3 Å². The van der Waals surface area contributed by atoms with Crippen molar-refractivity contribution in [2.45, 2.75) is 63.8 Å². The minimum Gasteiger partial charge on any atom is -0.381 e. The maximum Gasteiger partial charge on any atom is 0.257 e. The highest BCUT2D eigenvalue weighted by Gasteiger charge is 2.48. The van der Waals surface area contributed by atoms with E-state index in [0.29, 0.717) is 54.7 Å². The third-order valence-corrected chi connectivity index (χ3v) is 7.80. The predicted octanol–water partition coefficient (Wildman–Crippen LogP) is 2.94. The third kappa shape index (κ3) is 4.42. The number of ether oxygens (including phenoxy) is 1. The molecule has 0 radical (unpaired) electrons. The molecule has 2 aliphatic heterocycles. The molecule has 3 amide bonds. The molecule has 10 nitrogen and oxygen atoms in total. The molecular formula is C25H31N5O5. The summed E-state index contributed by atoms with van der Waals surface area (Å²) in [4.78, 5) is 43.6. The van der Waals surface area contributed by atoms with Gasteiger partial charge in [-0.3, -0.25) is 14.4 Å². The van der Waals surface area contributed by atoms with Gasteiger partial charge in [0.25, 0.3) is 5.91 Å². The van der Waals surface area contributed by atoms with Gasteiger partial charge in [-0.1, -0.05) is 24.9 Å². The third-order valence-electron chi connectivity index (χ3n) is 7.80. The van der Waals surface area contributed by atoms with Crippen LogP contribution in [0, 0.1) is 18.8 Å². The first-order chi connectivity index (χ1) is 16.9. The van der Waals surface area contributed by atoms with Crippen LogP contribution in [0.5, 0.6) is 0 Å². The maximum atomic E-state index is 13.4. The zero-order valence-electron chi connectivity index (χ0n) is 20.1. The van der Waals surface area contributed by atoms with Crippen LogP contribution in [-0.4, -0.2) is 47.1 Å². The molecule has 2 aromatic heterocycles. The summed E-state index contributed by atoms with van der Waals surface area (Å²) in [5.41, 5.74) is 1.67. The van der Waals surface area contributed by atoms with Gasteiger partial charge in [0, 0.05) is 31.0 Å². The van der Waals surface area contributed by atoms with E-state index >= 15 is 0 Å². The van der Waals surface area contributed by atoms with Crippen LogP contribution < -0.4 is 16.0 Å². The summed E-state index contributed by atoms with van der Waals surface area (Å²) in [5, 5.41) is 12.5. The lowest BCUT2D eigenvalue weighted by Gasteiger charge is -2.32. The molecule has 4 heterocycles. The first-order valence-corrected chi connectivity index (χ1v) is 12.3. The van der Waals surface area contributed by atoms with Crippen molar-refractivity contribution < 1.29 is 23.6 Å². The van der Waals surface area contributed by atoms with Gasteiger partial charge in [-0.25, -0.2) is 4.98 Å². The van der Waals surface area contributed by atoms with E-state index in [1.165, 1.54) is 6.26 Å². The monoisotopic (exact) mass is 481 g/mol. The highest BCUT2D eigenvalue weighted by atomic mass is 16.5. The Morgan fingerprint density at radius 3 is 2.63 bits per heavy atom. The van der Waals surface area contributed by atoms with Crippen LogP contribution >= 0.6 is 0 Å². The number of nitrogens with zero attached hydrogens (tertiary/aromatic N) is 2. The lowest BCUT2D eigenvalue weighted by molar-refractivity contribution is -0.124. The second kappa shape index (κ2) is 9.41. The summed E-state index contributed by atoms with van der Waals surface area (Å²) in [6.45, 7) is 4.94. The summed E-state index contributed by atoms with van der Waals surface area (Å²) in [6, 6.07) is 0.970. The average molecular weight is 482 g/mol. The van der Waals surface area contributed by atoms with E-state index in [-0.39, 0.29) is 17.7 Å². The van der Waals surface area contributed by atoms with Gasteiger partial charge >= 0.3 is 0 Å². The number of anilines is 2. The van der Waals surface area contributed by atoms with Gasteiger partial charge in [-0.05, 0) is 44.4 Å². The van der Waals surface area contributed by atoms with Crippen LogP contribution in [0.4, 0.5) is 11.5 Å². The first-order valence-electron chi connectivity index (χ1n) is 12.3. The lowest BCUT2D eigenvalue weighted by Crippen LogP contribution is -2.49. The zero-order valence-corrected chi connectivity index (χ0v) is 20.1. The Morgan fingerprint density at radius 1 is 1.20 bits per heavy atom. The van der Waals surface area contributed by atoms with Crippen molar-refractivity contribution in [2.24, 2.45) is 11.8 Å². The van der Waals surface area contributed by atoms with E-state index in [1.807, 2.05) is 0 Å². The number of fused-ring (bicyclic) bond motifs is 2. The molecule has 10 heteroatoms. The van der Waals surface area contributed by atoms with Crippen molar-refractivity contribution >= 4 is 29.2 Å². The van der Waals surface area contributed by atoms with Gasteiger partial charge in [0.1, 0.15) is 23.7 Å². The van der Waals surface area contributed by atoms with Crippen molar-refractivity contribution in [1.82, 2.24) is 15.5 Å². The first kappa shape index (κ1) is 23.5. The van der Waals surface area contributed by atoms with E-state index in [0.717, 1.165) is 31.2 Å². The van der Waals surface area contributed by atoms with E-state index in [9.17, 15) is 14.4 Å². The van der Waals surface area contributed by atoms with E-state index in [1.54, 1.807) is 19.2 Å². The quantitative estimate of drug-likeness (QED) is 0.597. The smallest absolute Gasteiger partial charge is 0.257 e. The fraction of sp³-hybridized carbons (Fsp3) is 0.560. The number of hydrogen-bond acceptors (Lipinski definition) is 7. The van der Waals surface area contributed by atoms with Crippen molar-refractivity contribution in [3.63, 3.8) is 0 Å². The summed E-state index contributed by atoms with van der Waals surface area (Å²) < 4.78 is 10.3. The van der Waals surface area contributed by atoms with Crippen LogP contribution in [-0.2, 0) is 19.7 Å².